The van der Waals surface area contributed by atoms with Crippen molar-refractivity contribution in [3.63, 3.8) is 0 Å². The Balaban J connectivity index is 1.72. The van der Waals surface area contributed by atoms with E-state index in [2.05, 4.69) is 14.1 Å². The van der Waals surface area contributed by atoms with E-state index in [0.717, 1.165) is 5.82 Å². The summed E-state index contributed by atoms with van der Waals surface area (Å²) >= 11 is 0. The minimum atomic E-state index is -4.69. The number of hydrogen-bond donors (Lipinski definition) is 1. The number of morpholine rings is 1. The third-order valence-corrected chi connectivity index (χ3v) is 5.47. The van der Waals surface area contributed by atoms with Gasteiger partial charge in [0.15, 0.2) is 0 Å². The molecule has 27 heavy (non-hydrogen) atoms. The first-order valence-corrected chi connectivity index (χ1v) is 9.66. The van der Waals surface area contributed by atoms with Crippen molar-refractivity contribution in [2.24, 2.45) is 0 Å². The van der Waals surface area contributed by atoms with Crippen LogP contribution in [0.15, 0.2) is 33.7 Å². The second-order valence-corrected chi connectivity index (χ2v) is 7.81. The lowest BCUT2D eigenvalue weighted by molar-refractivity contribution is -0.367. The van der Waals surface area contributed by atoms with Crippen LogP contribution in [0.25, 0.3) is 0 Å². The average molecular weight is 406 g/mol. The van der Waals surface area contributed by atoms with Gasteiger partial charge >= 0.3 is 6.18 Å². The van der Waals surface area contributed by atoms with E-state index in [1.54, 1.807) is 6.07 Å². The van der Waals surface area contributed by atoms with Gasteiger partial charge < -0.3 is 9.15 Å². The van der Waals surface area contributed by atoms with Crippen LogP contribution < -0.4 is 14.6 Å². The molecule has 148 valence electrons. The molecule has 0 saturated carbocycles. The predicted octanol–water partition coefficient (Wildman–Crippen LogP) is 1.74. The number of aryl methyl sites for hydroxylation is 1. The van der Waals surface area contributed by atoms with E-state index < -0.39 is 28.5 Å². The van der Waals surface area contributed by atoms with Gasteiger partial charge in [0, 0.05) is 18.2 Å². The van der Waals surface area contributed by atoms with Crippen molar-refractivity contribution in [1.82, 2.24) is 4.72 Å². The van der Waals surface area contributed by atoms with Gasteiger partial charge in [-0.15, -0.1) is 0 Å². The number of aromatic nitrogens is 1. The normalized spacial score (nSPS) is 15.9. The number of hydrogen-bond acceptors (Lipinski definition) is 5. The lowest BCUT2D eigenvalue weighted by Gasteiger charge is -2.21. The topological polar surface area (TPSA) is 85.9 Å². The van der Waals surface area contributed by atoms with Crippen molar-refractivity contribution in [3.05, 3.63) is 41.5 Å². The summed E-state index contributed by atoms with van der Waals surface area (Å²) in [4.78, 5) is 4.84. The predicted molar refractivity (Wildman–Crippen MR) is 88.5 cm³/mol. The highest BCUT2D eigenvalue weighted by Crippen LogP contribution is 2.34. The number of alkyl halides is 3. The minimum Gasteiger partial charge on any atom is -0.456 e. The summed E-state index contributed by atoms with van der Waals surface area (Å²) in [5.74, 6) is -0.404. The number of aromatic amines is 1. The van der Waals surface area contributed by atoms with Crippen molar-refractivity contribution in [1.29, 1.82) is 0 Å². The average Bonchev–Trinajstić information content (AvgIpc) is 3.02. The maximum Gasteiger partial charge on any atom is 0.449 e. The van der Waals surface area contributed by atoms with Crippen molar-refractivity contribution >= 4 is 15.8 Å². The molecule has 2 N–H and O–H groups in total. The number of halogens is 3. The quantitative estimate of drug-likeness (QED) is 0.818. The van der Waals surface area contributed by atoms with Gasteiger partial charge in [-0.1, -0.05) is 0 Å². The molecule has 0 amide bonds. The number of rotatable bonds is 5. The standard InChI is InChI=1S/C16H18F3N3O4S/c1-11-8-12(15(26-11)16(17,18)19)9-21-27(23,24)13-2-3-14(20-10-13)22-4-6-25-7-5-22/h2-3,8,10,21H,4-7,9H2,1H3/p+1. The molecule has 7 nitrogen and oxygen atoms in total. The van der Waals surface area contributed by atoms with Gasteiger partial charge in [-0.2, -0.15) is 13.2 Å². The molecule has 1 aliphatic rings. The highest BCUT2D eigenvalue weighted by Gasteiger charge is 2.38. The SMILES string of the molecule is Cc1cc(CNS(=O)(=O)c2ccc(N3CCOCC3)[nH+]c2)c(C(F)(F)F)o1. The van der Waals surface area contributed by atoms with E-state index in [-0.39, 0.29) is 16.2 Å². The second-order valence-electron chi connectivity index (χ2n) is 6.04. The zero-order valence-electron chi connectivity index (χ0n) is 14.5. The summed E-state index contributed by atoms with van der Waals surface area (Å²) in [6, 6.07) is 4.18. The second kappa shape index (κ2) is 7.49. The van der Waals surface area contributed by atoms with Crippen LogP contribution in [0.4, 0.5) is 19.0 Å². The molecule has 0 aromatic carbocycles. The molecule has 0 aliphatic carbocycles. The Morgan fingerprint density at radius 1 is 1.26 bits per heavy atom. The van der Waals surface area contributed by atoms with Crippen LogP contribution in [0.5, 0.6) is 0 Å². The van der Waals surface area contributed by atoms with Crippen LogP contribution in [-0.4, -0.2) is 34.7 Å². The fraction of sp³-hybridized carbons (Fsp3) is 0.438. The number of sulfonamides is 1. The van der Waals surface area contributed by atoms with Gasteiger partial charge in [-0.25, -0.2) is 18.1 Å². The summed E-state index contributed by atoms with van der Waals surface area (Å²) in [5.41, 5.74) is -0.266. The lowest BCUT2D eigenvalue weighted by Crippen LogP contribution is -2.39. The van der Waals surface area contributed by atoms with E-state index in [0.29, 0.717) is 26.3 Å². The molecule has 3 heterocycles. The molecule has 1 saturated heterocycles. The molecule has 2 aromatic heterocycles. The van der Waals surface area contributed by atoms with Crippen LogP contribution >= 0.6 is 0 Å². The van der Waals surface area contributed by atoms with Gasteiger partial charge in [-0.3, -0.25) is 4.90 Å². The number of ether oxygens (including phenoxy) is 1. The number of pyridine rings is 1. The van der Waals surface area contributed by atoms with Gasteiger partial charge in [0.25, 0.3) is 5.82 Å². The number of H-pyrrole nitrogens is 1. The first-order valence-electron chi connectivity index (χ1n) is 8.17. The number of nitrogens with zero attached hydrogens (tertiary/aromatic N) is 1. The first kappa shape index (κ1) is 19.6. The number of furan rings is 1. The Morgan fingerprint density at radius 3 is 2.56 bits per heavy atom. The van der Waals surface area contributed by atoms with Crippen LogP contribution in [0.3, 0.4) is 0 Å². The first-order chi connectivity index (χ1) is 12.7. The van der Waals surface area contributed by atoms with Crippen LogP contribution in [0.1, 0.15) is 17.1 Å². The fourth-order valence-corrected chi connectivity index (χ4v) is 3.74. The molecular formula is C16H19F3N3O4S+. The van der Waals surface area contributed by atoms with E-state index in [1.165, 1.54) is 25.3 Å². The molecule has 0 radical (unpaired) electrons. The van der Waals surface area contributed by atoms with E-state index in [4.69, 9.17) is 4.74 Å². The molecule has 0 unspecified atom stereocenters. The molecule has 1 fully saturated rings. The summed E-state index contributed by atoms with van der Waals surface area (Å²) in [7, 11) is -3.99. The lowest BCUT2D eigenvalue weighted by atomic mass is 10.2. The van der Waals surface area contributed by atoms with Gasteiger partial charge in [0.2, 0.25) is 15.8 Å². The van der Waals surface area contributed by atoms with Crippen molar-refractivity contribution in [2.75, 3.05) is 31.2 Å². The maximum atomic E-state index is 12.9. The summed E-state index contributed by atoms with van der Waals surface area (Å²) in [6.45, 7) is 3.37. The largest absolute Gasteiger partial charge is 0.456 e. The fourth-order valence-electron chi connectivity index (χ4n) is 2.76. The molecule has 1 aliphatic heterocycles. The van der Waals surface area contributed by atoms with Crippen molar-refractivity contribution in [2.45, 2.75) is 24.5 Å². The molecule has 11 heteroatoms. The van der Waals surface area contributed by atoms with Crippen LogP contribution in [0, 0.1) is 6.92 Å². The maximum absolute atomic E-state index is 12.9. The Bertz CT molecular complexity index is 889. The number of anilines is 1. The Hall–Kier alpha value is -2.11. The molecular weight excluding hydrogens is 387 g/mol. The molecule has 0 atom stereocenters. The molecule has 0 bridgehead atoms. The highest BCUT2D eigenvalue weighted by atomic mass is 32.2. The zero-order valence-corrected chi connectivity index (χ0v) is 15.3. The Labute approximate surface area is 154 Å². The Morgan fingerprint density at radius 2 is 1.96 bits per heavy atom. The van der Waals surface area contributed by atoms with Crippen molar-refractivity contribution in [3.8, 4) is 0 Å². The van der Waals surface area contributed by atoms with Gasteiger partial charge in [0.05, 0.1) is 13.2 Å². The number of nitrogens with one attached hydrogen (secondary N) is 2. The third kappa shape index (κ3) is 4.60. The summed E-state index contributed by atoms with van der Waals surface area (Å²) < 4.78 is 75.7. The van der Waals surface area contributed by atoms with E-state index in [9.17, 15) is 21.6 Å². The monoisotopic (exact) mass is 406 g/mol. The summed E-state index contributed by atoms with van der Waals surface area (Å²) in [6.07, 6.45) is -3.39. The minimum absolute atomic E-state index is 0.0553. The van der Waals surface area contributed by atoms with E-state index in [1.807, 2.05) is 4.90 Å². The Kier molecular flexibility index (Phi) is 5.45. The van der Waals surface area contributed by atoms with Gasteiger partial charge in [-0.05, 0) is 19.1 Å². The van der Waals surface area contributed by atoms with Gasteiger partial charge in [0.1, 0.15) is 29.9 Å². The van der Waals surface area contributed by atoms with E-state index >= 15 is 0 Å². The zero-order chi connectivity index (χ0) is 19.7. The molecule has 2 aromatic rings. The summed E-state index contributed by atoms with van der Waals surface area (Å²) in [5, 5.41) is 0. The molecule has 0 spiro atoms. The van der Waals surface area contributed by atoms with Crippen molar-refractivity contribution < 1.29 is 35.7 Å². The molecule has 3 rings (SSSR count). The third-order valence-electron chi connectivity index (χ3n) is 4.07. The van der Waals surface area contributed by atoms with Crippen LogP contribution in [-0.2, 0) is 27.5 Å². The van der Waals surface area contributed by atoms with Crippen LogP contribution in [0.2, 0.25) is 0 Å². The highest BCUT2D eigenvalue weighted by molar-refractivity contribution is 7.89. The smallest absolute Gasteiger partial charge is 0.449 e.